The lowest BCUT2D eigenvalue weighted by atomic mass is 9.83. The number of hydrogen-bond donors (Lipinski definition) is 1. The highest BCUT2D eigenvalue weighted by atomic mass is 32.2. The maximum atomic E-state index is 13.3. The van der Waals surface area contributed by atoms with E-state index in [1.807, 2.05) is 26.0 Å². The second-order valence-corrected chi connectivity index (χ2v) is 9.73. The van der Waals surface area contributed by atoms with Crippen LogP contribution in [0.5, 0.6) is 11.5 Å². The van der Waals surface area contributed by atoms with Crippen LogP contribution in [0.15, 0.2) is 47.4 Å². The summed E-state index contributed by atoms with van der Waals surface area (Å²) in [5, 5.41) is 2.90. The molecule has 2 aliphatic rings. The van der Waals surface area contributed by atoms with Gasteiger partial charge in [0.1, 0.15) is 0 Å². The molecule has 1 fully saturated rings. The highest BCUT2D eigenvalue weighted by Gasteiger charge is 2.55. The van der Waals surface area contributed by atoms with Crippen molar-refractivity contribution in [1.29, 1.82) is 0 Å². The first-order chi connectivity index (χ1) is 13.3. The number of fused-ring (bicyclic) bond motifs is 1. The molecule has 0 bridgehead atoms. The Kier molecular flexibility index (Phi) is 4.57. The van der Waals surface area contributed by atoms with Crippen molar-refractivity contribution in [1.82, 2.24) is 5.32 Å². The Morgan fingerprint density at radius 1 is 1.07 bits per heavy atom. The van der Waals surface area contributed by atoms with Crippen LogP contribution in [0, 0.1) is 6.92 Å². The van der Waals surface area contributed by atoms with Crippen LogP contribution in [0.2, 0.25) is 0 Å². The molecule has 6 nitrogen and oxygen atoms in total. The minimum atomic E-state index is -3.77. The smallest absolute Gasteiger partial charge is 0.242 e. The number of hydrogen-bond acceptors (Lipinski definition) is 5. The number of benzene rings is 2. The van der Waals surface area contributed by atoms with Crippen LogP contribution in [-0.2, 0) is 14.6 Å². The van der Waals surface area contributed by atoms with E-state index in [2.05, 4.69) is 5.32 Å². The third kappa shape index (κ3) is 2.94. The lowest BCUT2D eigenvalue weighted by Gasteiger charge is -2.40. The van der Waals surface area contributed by atoms with Gasteiger partial charge in [-0.15, -0.1) is 0 Å². The molecule has 1 saturated carbocycles. The van der Waals surface area contributed by atoms with Gasteiger partial charge < -0.3 is 14.8 Å². The Bertz CT molecular complexity index is 1010. The van der Waals surface area contributed by atoms with E-state index in [0.717, 1.165) is 17.5 Å². The quantitative estimate of drug-likeness (QED) is 0.831. The number of aryl methyl sites for hydroxylation is 1. The lowest BCUT2D eigenvalue weighted by Crippen LogP contribution is -2.57. The Labute approximate surface area is 164 Å². The number of amides is 1. The summed E-state index contributed by atoms with van der Waals surface area (Å²) < 4.78 is 35.8. The fourth-order valence-corrected chi connectivity index (χ4v) is 5.73. The normalized spacial score (nSPS) is 18.2. The molecule has 1 aliphatic carbocycles. The van der Waals surface area contributed by atoms with Crippen LogP contribution in [0.1, 0.15) is 43.4 Å². The van der Waals surface area contributed by atoms with Crippen LogP contribution < -0.4 is 14.8 Å². The summed E-state index contributed by atoms with van der Waals surface area (Å²) in [7, 11) is -3.77. The summed E-state index contributed by atoms with van der Waals surface area (Å²) >= 11 is 0. The zero-order valence-corrected chi connectivity index (χ0v) is 16.7. The Morgan fingerprint density at radius 3 is 2.39 bits per heavy atom. The second kappa shape index (κ2) is 6.81. The van der Waals surface area contributed by atoms with Gasteiger partial charge in [-0.2, -0.15) is 0 Å². The van der Waals surface area contributed by atoms with Crippen LogP contribution in [-0.4, -0.2) is 25.9 Å². The van der Waals surface area contributed by atoms with Gasteiger partial charge in [0.15, 0.2) is 26.1 Å². The van der Waals surface area contributed by atoms with Gasteiger partial charge in [-0.25, -0.2) is 8.42 Å². The van der Waals surface area contributed by atoms with Gasteiger partial charge in [0, 0.05) is 0 Å². The molecular formula is C21H23NO5S. The van der Waals surface area contributed by atoms with E-state index in [4.69, 9.17) is 9.47 Å². The first-order valence-electron chi connectivity index (χ1n) is 9.35. The van der Waals surface area contributed by atoms with Gasteiger partial charge in [0.2, 0.25) is 12.7 Å². The van der Waals surface area contributed by atoms with E-state index in [1.54, 1.807) is 30.3 Å². The Balaban J connectivity index is 1.57. The summed E-state index contributed by atoms with van der Waals surface area (Å²) in [6.45, 7) is 3.91. The zero-order valence-electron chi connectivity index (χ0n) is 15.9. The molecule has 1 N–H and O–H groups in total. The van der Waals surface area contributed by atoms with Gasteiger partial charge in [-0.05, 0) is 62.9 Å². The van der Waals surface area contributed by atoms with Gasteiger partial charge in [0.05, 0.1) is 10.9 Å². The van der Waals surface area contributed by atoms with Crippen molar-refractivity contribution in [3.8, 4) is 11.5 Å². The summed E-state index contributed by atoms with van der Waals surface area (Å²) in [4.78, 5) is 13.3. The molecule has 2 aromatic rings. The largest absolute Gasteiger partial charge is 0.454 e. The summed E-state index contributed by atoms with van der Waals surface area (Å²) in [6.07, 6.45) is 1.39. The van der Waals surface area contributed by atoms with E-state index >= 15 is 0 Å². The summed E-state index contributed by atoms with van der Waals surface area (Å²) in [5.74, 6) is 0.855. The number of rotatable bonds is 5. The van der Waals surface area contributed by atoms with E-state index < -0.39 is 20.5 Å². The molecule has 1 unspecified atom stereocenters. The predicted octanol–water partition coefficient (Wildman–Crippen LogP) is 3.30. The van der Waals surface area contributed by atoms with Crippen molar-refractivity contribution in [3.63, 3.8) is 0 Å². The Hall–Kier alpha value is -2.54. The van der Waals surface area contributed by atoms with Crippen molar-refractivity contribution in [2.24, 2.45) is 0 Å². The molecule has 7 heteroatoms. The van der Waals surface area contributed by atoms with Gasteiger partial charge in [-0.1, -0.05) is 23.8 Å². The highest BCUT2D eigenvalue weighted by Crippen LogP contribution is 2.43. The van der Waals surface area contributed by atoms with Crippen molar-refractivity contribution in [3.05, 3.63) is 53.6 Å². The minimum absolute atomic E-state index is 0.178. The van der Waals surface area contributed by atoms with Crippen LogP contribution >= 0.6 is 0 Å². The third-order valence-electron chi connectivity index (χ3n) is 5.66. The molecule has 2 aromatic carbocycles. The molecule has 148 valence electrons. The number of ether oxygens (including phenoxy) is 2. The molecule has 0 spiro atoms. The van der Waals surface area contributed by atoms with Gasteiger partial charge >= 0.3 is 0 Å². The number of carbonyl (C=O) groups is 1. The number of carbonyl (C=O) groups excluding carboxylic acids is 1. The van der Waals surface area contributed by atoms with Crippen LogP contribution in [0.3, 0.4) is 0 Å². The first-order valence-corrected chi connectivity index (χ1v) is 10.8. The standard InChI is InChI=1S/C21H23NO5S/c1-14-4-7-17(8-5-14)28(24,25)21(10-3-11-21)20(23)22-15(2)16-6-9-18-19(12-16)27-13-26-18/h4-9,12,15H,3,10-11,13H2,1-2H3,(H,22,23). The summed E-state index contributed by atoms with van der Waals surface area (Å²) in [6, 6.07) is 11.8. The molecule has 0 aromatic heterocycles. The second-order valence-electron chi connectivity index (χ2n) is 7.47. The van der Waals surface area contributed by atoms with Crippen molar-refractivity contribution in [2.75, 3.05) is 6.79 Å². The SMILES string of the molecule is Cc1ccc(S(=O)(=O)C2(C(=O)NC(C)c3ccc4c(c3)OCO4)CCC2)cc1. The monoisotopic (exact) mass is 401 g/mol. The van der Waals surface area contributed by atoms with Crippen molar-refractivity contribution >= 4 is 15.7 Å². The molecule has 0 saturated heterocycles. The van der Waals surface area contributed by atoms with Crippen LogP contribution in [0.4, 0.5) is 0 Å². The first kappa shape index (κ1) is 18.8. The van der Waals surface area contributed by atoms with Crippen molar-refractivity contribution in [2.45, 2.75) is 48.8 Å². The maximum absolute atomic E-state index is 13.3. The molecule has 1 heterocycles. The molecule has 4 rings (SSSR count). The fraction of sp³-hybridized carbons (Fsp3) is 0.381. The molecule has 1 aliphatic heterocycles. The summed E-state index contributed by atoms with van der Waals surface area (Å²) in [5.41, 5.74) is 1.81. The maximum Gasteiger partial charge on any atom is 0.242 e. The minimum Gasteiger partial charge on any atom is -0.454 e. The molecule has 0 radical (unpaired) electrons. The fourth-order valence-electron chi connectivity index (χ4n) is 3.65. The average molecular weight is 401 g/mol. The molecular weight excluding hydrogens is 378 g/mol. The highest BCUT2D eigenvalue weighted by molar-refractivity contribution is 7.93. The van der Waals surface area contributed by atoms with Gasteiger partial charge in [0.25, 0.3) is 0 Å². The number of nitrogens with one attached hydrogen (secondary N) is 1. The zero-order chi connectivity index (χ0) is 19.9. The van der Waals surface area contributed by atoms with Crippen molar-refractivity contribution < 1.29 is 22.7 Å². The van der Waals surface area contributed by atoms with E-state index in [1.165, 1.54) is 0 Å². The number of sulfone groups is 1. The van der Waals surface area contributed by atoms with Crippen LogP contribution in [0.25, 0.3) is 0 Å². The van der Waals surface area contributed by atoms with E-state index in [0.29, 0.717) is 24.3 Å². The third-order valence-corrected chi connectivity index (χ3v) is 8.18. The topological polar surface area (TPSA) is 81.7 Å². The average Bonchev–Trinajstić information content (AvgIpc) is 3.08. The lowest BCUT2D eigenvalue weighted by molar-refractivity contribution is -0.126. The molecule has 1 atom stereocenters. The van der Waals surface area contributed by atoms with E-state index in [9.17, 15) is 13.2 Å². The predicted molar refractivity (Wildman–Crippen MR) is 104 cm³/mol. The Morgan fingerprint density at radius 2 is 1.75 bits per heavy atom. The van der Waals surface area contributed by atoms with E-state index in [-0.39, 0.29) is 17.7 Å². The molecule has 1 amide bonds. The van der Waals surface area contributed by atoms with Gasteiger partial charge in [-0.3, -0.25) is 4.79 Å². The molecule has 28 heavy (non-hydrogen) atoms.